The largest absolute Gasteiger partial charge is 0.497 e. The summed E-state index contributed by atoms with van der Waals surface area (Å²) in [6, 6.07) is 16.0. The summed E-state index contributed by atoms with van der Waals surface area (Å²) in [5, 5.41) is 21.6. The number of hydrogen-bond donors (Lipinski definition) is 0. The van der Waals surface area contributed by atoms with Crippen molar-refractivity contribution in [3.8, 4) is 11.8 Å². The van der Waals surface area contributed by atoms with E-state index in [1.54, 1.807) is 24.1 Å². The number of benzene rings is 2. The minimum atomic E-state index is -0.478. The highest BCUT2D eigenvalue weighted by Gasteiger charge is 2.38. The van der Waals surface area contributed by atoms with Crippen molar-refractivity contribution < 1.29 is 14.5 Å². The third-order valence-electron chi connectivity index (χ3n) is 5.21. The SMILES string of the molecule is COc1ccc(N2CSC3=C(C#N)[C@@H](c4cccc([N+](=O)[O-])c4)CC(=O)N3C2)cc1. The van der Waals surface area contributed by atoms with Crippen molar-refractivity contribution in [3.05, 3.63) is 74.8 Å². The fourth-order valence-electron chi connectivity index (χ4n) is 3.66. The van der Waals surface area contributed by atoms with Crippen LogP contribution in [-0.2, 0) is 4.79 Å². The molecule has 0 saturated carbocycles. The van der Waals surface area contributed by atoms with Crippen LogP contribution in [0.5, 0.6) is 5.75 Å². The van der Waals surface area contributed by atoms with Crippen molar-refractivity contribution in [2.75, 3.05) is 24.6 Å². The van der Waals surface area contributed by atoms with E-state index < -0.39 is 10.8 Å². The van der Waals surface area contributed by atoms with Gasteiger partial charge in [0, 0.05) is 30.2 Å². The Bertz CT molecular complexity index is 1080. The van der Waals surface area contributed by atoms with E-state index in [0.29, 0.717) is 28.7 Å². The third-order valence-corrected chi connectivity index (χ3v) is 6.37. The molecule has 0 bridgehead atoms. The minimum absolute atomic E-state index is 0.0494. The number of methoxy groups -OCH3 is 1. The number of allylic oxidation sites excluding steroid dienone is 1. The first kappa shape index (κ1) is 19.8. The molecule has 9 heteroatoms. The van der Waals surface area contributed by atoms with Gasteiger partial charge in [-0.3, -0.25) is 19.8 Å². The predicted octanol–water partition coefficient (Wildman–Crippen LogP) is 3.82. The molecule has 0 aromatic heterocycles. The molecule has 4 rings (SSSR count). The number of non-ortho nitro benzene ring substituents is 1. The summed E-state index contributed by atoms with van der Waals surface area (Å²) in [5.74, 6) is 0.752. The average Bonchev–Trinajstić information content (AvgIpc) is 2.79. The first-order valence-corrected chi connectivity index (χ1v) is 10.2. The minimum Gasteiger partial charge on any atom is -0.497 e. The number of amides is 1. The Kier molecular flexibility index (Phi) is 5.33. The van der Waals surface area contributed by atoms with Crippen molar-refractivity contribution in [3.63, 3.8) is 0 Å². The normalized spacial score (nSPS) is 18.7. The van der Waals surface area contributed by atoms with Gasteiger partial charge in [0.2, 0.25) is 5.91 Å². The molecule has 152 valence electrons. The van der Waals surface area contributed by atoms with Gasteiger partial charge in [-0.25, -0.2) is 0 Å². The molecule has 1 fully saturated rings. The Hall–Kier alpha value is -3.51. The zero-order chi connectivity index (χ0) is 21.3. The number of nitrogens with zero attached hydrogens (tertiary/aromatic N) is 4. The maximum Gasteiger partial charge on any atom is 0.269 e. The van der Waals surface area contributed by atoms with Crippen molar-refractivity contribution in [1.29, 1.82) is 5.26 Å². The molecule has 0 unspecified atom stereocenters. The van der Waals surface area contributed by atoms with Crippen LogP contribution in [0.1, 0.15) is 17.9 Å². The molecule has 0 spiro atoms. The quantitative estimate of drug-likeness (QED) is 0.545. The molecule has 2 heterocycles. The van der Waals surface area contributed by atoms with Crippen LogP contribution in [0.25, 0.3) is 0 Å². The molecule has 1 saturated heterocycles. The standard InChI is InChI=1S/C21H18N4O4S/c1-29-17-7-5-15(6-8-17)23-12-24-20(26)10-18(19(11-22)21(24)30-13-23)14-3-2-4-16(9-14)25(27)28/h2-9,18H,10,12-13H2,1H3/t18-/m1/s1. The van der Waals surface area contributed by atoms with Crippen molar-refractivity contribution in [2.45, 2.75) is 12.3 Å². The molecular formula is C21H18N4O4S. The maximum atomic E-state index is 13.0. The van der Waals surface area contributed by atoms with Crippen LogP contribution < -0.4 is 9.64 Å². The molecule has 2 aliphatic rings. The topological polar surface area (TPSA) is 99.7 Å². The van der Waals surface area contributed by atoms with Gasteiger partial charge in [-0.2, -0.15) is 5.26 Å². The Morgan fingerprint density at radius 1 is 1.27 bits per heavy atom. The molecule has 2 aliphatic heterocycles. The third kappa shape index (κ3) is 3.57. The number of thioether (sulfide) groups is 1. The van der Waals surface area contributed by atoms with E-state index in [1.807, 2.05) is 29.2 Å². The Morgan fingerprint density at radius 2 is 2.03 bits per heavy atom. The lowest BCUT2D eigenvalue weighted by atomic mass is 9.86. The van der Waals surface area contributed by atoms with Gasteiger partial charge in [0.25, 0.3) is 5.69 Å². The van der Waals surface area contributed by atoms with Crippen LogP contribution >= 0.6 is 11.8 Å². The number of anilines is 1. The maximum absolute atomic E-state index is 13.0. The number of hydrogen-bond acceptors (Lipinski definition) is 7. The molecule has 1 atom stereocenters. The van der Waals surface area contributed by atoms with E-state index in [9.17, 15) is 20.2 Å². The summed E-state index contributed by atoms with van der Waals surface area (Å²) >= 11 is 1.43. The van der Waals surface area contributed by atoms with Crippen LogP contribution in [-0.4, -0.2) is 35.4 Å². The van der Waals surface area contributed by atoms with E-state index in [1.165, 1.54) is 23.9 Å². The molecular weight excluding hydrogens is 404 g/mol. The number of fused-ring (bicyclic) bond motifs is 1. The lowest BCUT2D eigenvalue weighted by Crippen LogP contribution is -2.47. The number of ether oxygens (including phenoxy) is 1. The highest BCUT2D eigenvalue weighted by atomic mass is 32.2. The fraction of sp³-hybridized carbons (Fsp3) is 0.238. The number of nitriles is 1. The number of carbonyl (C=O) groups is 1. The highest BCUT2D eigenvalue weighted by molar-refractivity contribution is 8.03. The van der Waals surface area contributed by atoms with E-state index in [-0.39, 0.29) is 18.0 Å². The molecule has 8 nitrogen and oxygen atoms in total. The van der Waals surface area contributed by atoms with Gasteiger partial charge in [-0.15, -0.1) is 0 Å². The summed E-state index contributed by atoms with van der Waals surface area (Å²) in [4.78, 5) is 27.3. The van der Waals surface area contributed by atoms with Gasteiger partial charge in [0.15, 0.2) is 0 Å². The van der Waals surface area contributed by atoms with Crippen LogP contribution in [0.3, 0.4) is 0 Å². The summed E-state index contributed by atoms with van der Waals surface area (Å²) in [6.07, 6.45) is 0.102. The molecule has 2 aromatic carbocycles. The zero-order valence-electron chi connectivity index (χ0n) is 16.1. The van der Waals surface area contributed by atoms with Crippen LogP contribution in [0, 0.1) is 21.4 Å². The second-order valence-corrected chi connectivity index (χ2v) is 7.85. The highest BCUT2D eigenvalue weighted by Crippen LogP contribution is 2.43. The zero-order valence-corrected chi connectivity index (χ0v) is 17.0. The molecule has 0 aliphatic carbocycles. The van der Waals surface area contributed by atoms with Crippen molar-refractivity contribution in [2.24, 2.45) is 0 Å². The first-order valence-electron chi connectivity index (χ1n) is 9.22. The predicted molar refractivity (Wildman–Crippen MR) is 113 cm³/mol. The van der Waals surface area contributed by atoms with Crippen LogP contribution in [0.15, 0.2) is 59.1 Å². The van der Waals surface area contributed by atoms with Gasteiger partial charge in [0.05, 0.1) is 41.2 Å². The van der Waals surface area contributed by atoms with Crippen LogP contribution in [0.2, 0.25) is 0 Å². The van der Waals surface area contributed by atoms with E-state index in [4.69, 9.17) is 4.74 Å². The first-order chi connectivity index (χ1) is 14.5. The fourth-order valence-corrected chi connectivity index (χ4v) is 4.83. The van der Waals surface area contributed by atoms with Gasteiger partial charge < -0.3 is 9.64 Å². The summed E-state index contributed by atoms with van der Waals surface area (Å²) in [7, 11) is 1.61. The number of carbonyl (C=O) groups excluding carboxylic acids is 1. The van der Waals surface area contributed by atoms with Gasteiger partial charge in [-0.1, -0.05) is 23.9 Å². The lowest BCUT2D eigenvalue weighted by molar-refractivity contribution is -0.384. The second-order valence-electron chi connectivity index (χ2n) is 6.91. The van der Waals surface area contributed by atoms with Crippen molar-refractivity contribution in [1.82, 2.24) is 4.90 Å². The molecule has 0 radical (unpaired) electrons. The monoisotopic (exact) mass is 422 g/mol. The van der Waals surface area contributed by atoms with E-state index >= 15 is 0 Å². The Morgan fingerprint density at radius 3 is 2.70 bits per heavy atom. The molecule has 1 amide bonds. The average molecular weight is 422 g/mol. The second kappa shape index (κ2) is 8.08. The lowest BCUT2D eigenvalue weighted by Gasteiger charge is -2.42. The Labute approximate surface area is 177 Å². The van der Waals surface area contributed by atoms with Crippen LogP contribution in [0.4, 0.5) is 11.4 Å². The van der Waals surface area contributed by atoms with E-state index in [0.717, 1.165) is 11.4 Å². The molecule has 30 heavy (non-hydrogen) atoms. The smallest absolute Gasteiger partial charge is 0.269 e. The number of rotatable bonds is 4. The number of nitro groups is 1. The molecule has 2 aromatic rings. The Balaban J connectivity index is 1.64. The summed E-state index contributed by atoms with van der Waals surface area (Å²) in [5.41, 5.74) is 2.00. The van der Waals surface area contributed by atoms with Gasteiger partial charge in [-0.05, 0) is 29.8 Å². The van der Waals surface area contributed by atoms with E-state index in [2.05, 4.69) is 6.07 Å². The summed E-state index contributed by atoms with van der Waals surface area (Å²) < 4.78 is 5.19. The number of nitro benzene ring substituents is 1. The molecule has 0 N–H and O–H groups in total. The summed E-state index contributed by atoms with van der Waals surface area (Å²) in [6.45, 7) is 0.348. The van der Waals surface area contributed by atoms with Gasteiger partial charge >= 0.3 is 0 Å². The van der Waals surface area contributed by atoms with Crippen molar-refractivity contribution >= 4 is 29.0 Å². The van der Waals surface area contributed by atoms with Gasteiger partial charge in [0.1, 0.15) is 5.75 Å².